The van der Waals surface area contributed by atoms with Crippen molar-refractivity contribution in [2.75, 3.05) is 60.3 Å². The highest BCUT2D eigenvalue weighted by molar-refractivity contribution is 8.01. The van der Waals surface area contributed by atoms with E-state index in [4.69, 9.17) is 28.7 Å². The third-order valence-corrected chi connectivity index (χ3v) is 13.0. The van der Waals surface area contributed by atoms with E-state index in [1.165, 1.54) is 14.2 Å². The Morgan fingerprint density at radius 1 is 0.746 bits per heavy atom. The van der Waals surface area contributed by atoms with Crippen molar-refractivity contribution in [2.45, 2.75) is 104 Å². The molecule has 3 amide bonds. The molecule has 2 atom stereocenters. The molecule has 362 valence electrons. The average molecular weight is 940 g/mol. The van der Waals surface area contributed by atoms with E-state index in [0.717, 1.165) is 37.1 Å². The number of aromatic nitrogens is 1. The first-order chi connectivity index (χ1) is 32.0. The Kier molecular flexibility index (Phi) is 19.3. The molecular formula is C51H69N7O8S. The summed E-state index contributed by atoms with van der Waals surface area (Å²) in [5, 5.41) is 6.08. The van der Waals surface area contributed by atoms with Crippen molar-refractivity contribution in [3.63, 3.8) is 0 Å². The summed E-state index contributed by atoms with van der Waals surface area (Å²) < 4.78 is 30.4. The van der Waals surface area contributed by atoms with E-state index in [-0.39, 0.29) is 47.8 Å². The number of carbonyl (C=O) groups is 3. The van der Waals surface area contributed by atoms with Crippen molar-refractivity contribution in [3.05, 3.63) is 82.2 Å². The second-order valence-corrected chi connectivity index (χ2v) is 19.2. The van der Waals surface area contributed by atoms with Crippen molar-refractivity contribution in [1.82, 2.24) is 25.4 Å². The van der Waals surface area contributed by atoms with Crippen molar-refractivity contribution < 1.29 is 38.1 Å². The SMILES string of the molecule is CC=C(C)CC1C=Nc2cc(OCc3cc(OCCN(C)CCC(C)(C)SCC(=O)N(C)CCC)cc(COc4cc5c(cc4OC)C(=O)NC(CC(C)=CC)C=N5)n3)c(OC)cc2C(=O)N1. The number of rotatable bonds is 24. The number of hydrogen-bond acceptors (Lipinski definition) is 13. The lowest BCUT2D eigenvalue weighted by molar-refractivity contribution is -0.127. The minimum Gasteiger partial charge on any atom is -0.493 e. The molecule has 2 aromatic carbocycles. The minimum absolute atomic E-state index is 0.0294. The Morgan fingerprint density at radius 3 is 1.72 bits per heavy atom. The number of fused-ring (bicyclic) bond motifs is 2. The summed E-state index contributed by atoms with van der Waals surface area (Å²) in [4.78, 5) is 57.4. The number of benzene rings is 2. The van der Waals surface area contributed by atoms with E-state index in [9.17, 15) is 14.4 Å². The van der Waals surface area contributed by atoms with Crippen LogP contribution in [0, 0.1) is 0 Å². The molecule has 16 heteroatoms. The van der Waals surface area contributed by atoms with Crippen LogP contribution < -0.4 is 34.3 Å². The van der Waals surface area contributed by atoms with Crippen molar-refractivity contribution in [3.8, 4) is 28.7 Å². The average Bonchev–Trinajstić information content (AvgIpc) is 3.56. The Balaban J connectivity index is 1.34. The van der Waals surface area contributed by atoms with Gasteiger partial charge in [0.1, 0.15) is 25.6 Å². The highest BCUT2D eigenvalue weighted by Gasteiger charge is 2.25. The molecule has 2 aliphatic rings. The number of nitrogens with one attached hydrogen (secondary N) is 2. The highest BCUT2D eigenvalue weighted by atomic mass is 32.2. The van der Waals surface area contributed by atoms with Gasteiger partial charge in [-0.3, -0.25) is 29.4 Å². The molecule has 0 spiro atoms. The van der Waals surface area contributed by atoms with Gasteiger partial charge in [-0.05, 0) is 79.1 Å². The van der Waals surface area contributed by atoms with Crippen molar-refractivity contribution >= 4 is 53.3 Å². The second-order valence-electron chi connectivity index (χ2n) is 17.6. The summed E-state index contributed by atoms with van der Waals surface area (Å²) >= 11 is 1.69. The summed E-state index contributed by atoms with van der Waals surface area (Å²) in [5.41, 5.74) is 5.09. The van der Waals surface area contributed by atoms with Gasteiger partial charge in [-0.1, -0.05) is 44.1 Å². The van der Waals surface area contributed by atoms with Gasteiger partial charge in [0.2, 0.25) is 5.91 Å². The fourth-order valence-corrected chi connectivity index (χ4v) is 8.18. The summed E-state index contributed by atoms with van der Waals surface area (Å²) in [6.07, 6.45) is 10.7. The number of methoxy groups -OCH3 is 2. The first-order valence-electron chi connectivity index (χ1n) is 22.9. The molecular weight excluding hydrogens is 871 g/mol. The molecule has 0 fully saturated rings. The number of aliphatic imine (C=N–C) groups is 2. The lowest BCUT2D eigenvalue weighted by Crippen LogP contribution is -2.35. The van der Waals surface area contributed by atoms with E-state index >= 15 is 0 Å². The molecule has 2 aliphatic heterocycles. The largest absolute Gasteiger partial charge is 0.493 e. The number of allylic oxidation sites excluding steroid dienone is 2. The van der Waals surface area contributed by atoms with Gasteiger partial charge in [0.05, 0.1) is 65.9 Å². The third-order valence-electron chi connectivity index (χ3n) is 11.6. The molecule has 2 unspecified atom stereocenters. The van der Waals surface area contributed by atoms with Gasteiger partial charge in [0.25, 0.3) is 11.8 Å². The maximum Gasteiger partial charge on any atom is 0.254 e. The maximum absolute atomic E-state index is 13.3. The van der Waals surface area contributed by atoms with Crippen LogP contribution in [0.15, 0.2) is 69.7 Å². The first kappa shape index (κ1) is 52.1. The monoisotopic (exact) mass is 939 g/mol. The van der Waals surface area contributed by atoms with Gasteiger partial charge < -0.3 is 44.1 Å². The molecule has 0 saturated carbocycles. The molecule has 0 aliphatic carbocycles. The molecule has 1 aromatic heterocycles. The molecule has 3 heterocycles. The quantitative estimate of drug-likeness (QED) is 0.0826. The summed E-state index contributed by atoms with van der Waals surface area (Å²) in [6, 6.07) is 9.83. The molecule has 3 aromatic rings. The van der Waals surface area contributed by atoms with E-state index < -0.39 is 0 Å². The fraction of sp³-hybridized carbons (Fsp3) is 0.490. The zero-order chi connectivity index (χ0) is 48.7. The number of pyridine rings is 1. The van der Waals surface area contributed by atoms with E-state index in [2.05, 4.69) is 53.3 Å². The number of ether oxygens (including phenoxy) is 5. The van der Waals surface area contributed by atoms with Crippen LogP contribution in [-0.4, -0.2) is 122 Å². The molecule has 5 rings (SSSR count). The minimum atomic E-state index is -0.257. The standard InChI is InChI=1S/C51H69N7O8S/c1-12-16-58(9)48(59)32-67-51(6,7)15-17-57(8)18-19-64-39-22-37(30-65-46-26-42-40(24-44(46)62-10)49(60)55-35(28-52-42)20-33(4)13-2)54-38(23-39)31-66-47-27-43-41(25-45(47)63-11)50(61)56-36(29-53-43)21-34(5)14-3/h13-14,22-29,35-36H,12,15-21,30-32H2,1-11H3,(H,55,60)(H,56,61). The Hall–Kier alpha value is -5.87. The van der Waals surface area contributed by atoms with Gasteiger partial charge in [-0.2, -0.15) is 0 Å². The predicted molar refractivity (Wildman–Crippen MR) is 268 cm³/mol. The van der Waals surface area contributed by atoms with Crippen LogP contribution in [0.25, 0.3) is 0 Å². The molecule has 15 nitrogen and oxygen atoms in total. The summed E-state index contributed by atoms with van der Waals surface area (Å²) in [5.74, 6) is 2.22. The van der Waals surface area contributed by atoms with Crippen LogP contribution in [0.3, 0.4) is 0 Å². The number of hydrogen-bond donors (Lipinski definition) is 2. The highest BCUT2D eigenvalue weighted by Crippen LogP contribution is 2.38. The van der Waals surface area contributed by atoms with Gasteiger partial charge in [0.15, 0.2) is 23.0 Å². The zero-order valence-corrected chi connectivity index (χ0v) is 41.9. The topological polar surface area (TPSA) is 166 Å². The maximum atomic E-state index is 13.3. The molecule has 67 heavy (non-hydrogen) atoms. The molecule has 2 N–H and O–H groups in total. The lowest BCUT2D eigenvalue weighted by atomic mass is 10.1. The van der Waals surface area contributed by atoms with E-state index in [0.29, 0.717) is 94.4 Å². The Labute approximate surface area is 400 Å². The van der Waals surface area contributed by atoms with E-state index in [1.54, 1.807) is 53.4 Å². The lowest BCUT2D eigenvalue weighted by Gasteiger charge is -2.28. The van der Waals surface area contributed by atoms with E-state index in [1.807, 2.05) is 59.0 Å². The molecule has 0 radical (unpaired) electrons. The summed E-state index contributed by atoms with van der Waals surface area (Å²) in [7, 11) is 6.97. The number of carbonyl (C=O) groups excluding carboxylic acids is 3. The van der Waals surface area contributed by atoms with Gasteiger partial charge in [0, 0.05) is 61.6 Å². The van der Waals surface area contributed by atoms with Crippen LogP contribution in [0.1, 0.15) is 106 Å². The van der Waals surface area contributed by atoms with Gasteiger partial charge >= 0.3 is 0 Å². The van der Waals surface area contributed by atoms with Crippen LogP contribution in [0.4, 0.5) is 11.4 Å². The Bertz CT molecular complexity index is 2220. The number of likely N-dealkylation sites (N-methyl/N-ethyl adjacent to an activating group) is 1. The van der Waals surface area contributed by atoms with Crippen LogP contribution in [0.5, 0.6) is 28.7 Å². The first-order valence-corrected chi connectivity index (χ1v) is 23.9. The fourth-order valence-electron chi connectivity index (χ4n) is 7.21. The van der Waals surface area contributed by atoms with Crippen LogP contribution in [0.2, 0.25) is 0 Å². The zero-order valence-electron chi connectivity index (χ0n) is 41.1. The van der Waals surface area contributed by atoms with Crippen LogP contribution in [-0.2, 0) is 18.0 Å². The normalized spacial score (nSPS) is 16.1. The second kappa shape index (κ2) is 24.8. The van der Waals surface area contributed by atoms with Crippen molar-refractivity contribution in [2.24, 2.45) is 9.98 Å². The van der Waals surface area contributed by atoms with Gasteiger partial charge in [-0.25, -0.2) is 0 Å². The number of thioether (sulfide) groups is 1. The van der Waals surface area contributed by atoms with Crippen LogP contribution >= 0.6 is 11.8 Å². The molecule has 0 bridgehead atoms. The Morgan fingerprint density at radius 2 is 1.25 bits per heavy atom. The number of amides is 3. The summed E-state index contributed by atoms with van der Waals surface area (Å²) in [6.45, 7) is 17.1. The third kappa shape index (κ3) is 15.3. The molecule has 0 saturated heterocycles. The number of nitrogens with zero attached hydrogens (tertiary/aromatic N) is 5. The smallest absolute Gasteiger partial charge is 0.254 e. The van der Waals surface area contributed by atoms with Crippen molar-refractivity contribution in [1.29, 1.82) is 0 Å². The predicted octanol–water partition coefficient (Wildman–Crippen LogP) is 8.68. The van der Waals surface area contributed by atoms with Gasteiger partial charge in [-0.15, -0.1) is 11.8 Å².